The fraction of sp³-hybridized carbons (Fsp3) is 0.278. The Morgan fingerprint density at radius 2 is 1.52 bits per heavy atom. The molecule has 0 spiro atoms. The van der Waals surface area contributed by atoms with E-state index in [2.05, 4.69) is 0 Å². The lowest BCUT2D eigenvalue weighted by molar-refractivity contribution is -0.242. The maximum Gasteiger partial charge on any atom is 0.228 e. The minimum Gasteiger partial charge on any atom is -0.462 e. The predicted molar refractivity (Wildman–Crippen MR) is 89.7 cm³/mol. The summed E-state index contributed by atoms with van der Waals surface area (Å²) in [5.41, 5.74) is 0.983. The highest BCUT2D eigenvalue weighted by Gasteiger charge is 2.38. The zero-order valence-electron chi connectivity index (χ0n) is 13.1. The number of ether oxygens (including phenoxy) is 2. The Hall–Kier alpha value is -1.96. The van der Waals surface area contributed by atoms with Crippen molar-refractivity contribution in [3.05, 3.63) is 64.7 Å². The predicted octanol–water partition coefficient (Wildman–Crippen LogP) is 1.39. The van der Waals surface area contributed by atoms with Crippen LogP contribution in [-0.4, -0.2) is 52.3 Å². The van der Waals surface area contributed by atoms with E-state index in [0.717, 1.165) is 0 Å². The zero-order chi connectivity index (χ0) is 18.0. The van der Waals surface area contributed by atoms with Crippen molar-refractivity contribution in [3.63, 3.8) is 0 Å². The van der Waals surface area contributed by atoms with Crippen LogP contribution in [0.3, 0.4) is 0 Å². The quantitative estimate of drug-likeness (QED) is 0.709. The molecule has 132 valence electrons. The van der Waals surface area contributed by atoms with Crippen molar-refractivity contribution in [3.8, 4) is 5.75 Å². The second kappa shape index (κ2) is 7.51. The SMILES string of the molecule is O=C(c1ccc(Cl)cc1)c1ccc(O[C@@H]2OC[C@@H](O)[C@H](O)[C@H]2O)cc1. The molecule has 1 aliphatic heterocycles. The van der Waals surface area contributed by atoms with Crippen LogP contribution in [0, 0.1) is 0 Å². The molecule has 0 amide bonds. The fourth-order valence-corrected chi connectivity index (χ4v) is 2.60. The molecule has 4 atom stereocenters. The van der Waals surface area contributed by atoms with Crippen molar-refractivity contribution >= 4 is 17.4 Å². The molecule has 1 aliphatic rings. The molecule has 2 aromatic rings. The molecule has 0 radical (unpaired) electrons. The Morgan fingerprint density at radius 3 is 2.12 bits per heavy atom. The maximum absolute atomic E-state index is 12.4. The van der Waals surface area contributed by atoms with Crippen LogP contribution in [0.2, 0.25) is 5.02 Å². The number of aliphatic hydroxyl groups excluding tert-OH is 3. The van der Waals surface area contributed by atoms with E-state index in [0.29, 0.717) is 21.9 Å². The van der Waals surface area contributed by atoms with Crippen molar-refractivity contribution in [2.24, 2.45) is 0 Å². The van der Waals surface area contributed by atoms with Crippen molar-refractivity contribution in [2.75, 3.05) is 6.61 Å². The smallest absolute Gasteiger partial charge is 0.228 e. The van der Waals surface area contributed by atoms with Gasteiger partial charge in [0.2, 0.25) is 6.29 Å². The van der Waals surface area contributed by atoms with Crippen molar-refractivity contribution < 1.29 is 29.6 Å². The molecule has 3 rings (SSSR count). The number of halogens is 1. The van der Waals surface area contributed by atoms with Crippen molar-refractivity contribution in [2.45, 2.75) is 24.6 Å². The summed E-state index contributed by atoms with van der Waals surface area (Å²) in [4.78, 5) is 12.4. The molecule has 1 fully saturated rings. The molecule has 3 N–H and O–H groups in total. The van der Waals surface area contributed by atoms with Gasteiger partial charge < -0.3 is 24.8 Å². The van der Waals surface area contributed by atoms with Gasteiger partial charge in [-0.2, -0.15) is 0 Å². The summed E-state index contributed by atoms with van der Waals surface area (Å²) in [6.07, 6.45) is -4.98. The van der Waals surface area contributed by atoms with Crippen LogP contribution < -0.4 is 4.74 Å². The molecular formula is C18H17ClO6. The summed E-state index contributed by atoms with van der Waals surface area (Å²) in [6.45, 7) is -0.143. The normalized spacial score (nSPS) is 26.2. The Balaban J connectivity index is 1.68. The zero-order valence-corrected chi connectivity index (χ0v) is 13.8. The summed E-state index contributed by atoms with van der Waals surface area (Å²) >= 11 is 5.81. The van der Waals surface area contributed by atoms with Gasteiger partial charge in [0.05, 0.1) is 6.61 Å². The summed E-state index contributed by atoms with van der Waals surface area (Å²) < 4.78 is 10.6. The highest BCUT2D eigenvalue weighted by atomic mass is 35.5. The second-order valence-corrected chi connectivity index (χ2v) is 6.16. The van der Waals surface area contributed by atoms with Gasteiger partial charge in [-0.1, -0.05) is 11.6 Å². The lowest BCUT2D eigenvalue weighted by atomic mass is 10.0. The van der Waals surface area contributed by atoms with Crippen LogP contribution in [0.1, 0.15) is 15.9 Å². The standard InChI is InChI=1S/C18H17ClO6/c19-12-5-1-10(2-6-12)15(21)11-3-7-13(8-4-11)25-18-17(23)16(22)14(20)9-24-18/h1-8,14,16-18,20,22-23H,9H2/t14-,16+,17-,18+/m1/s1. The third-order valence-corrected chi connectivity index (χ3v) is 4.18. The molecule has 0 bridgehead atoms. The van der Waals surface area contributed by atoms with Gasteiger partial charge in [0.15, 0.2) is 5.78 Å². The van der Waals surface area contributed by atoms with E-state index < -0.39 is 24.6 Å². The molecule has 0 aromatic heterocycles. The first-order valence-electron chi connectivity index (χ1n) is 7.68. The topological polar surface area (TPSA) is 96.2 Å². The number of carbonyl (C=O) groups excluding carboxylic acids is 1. The Kier molecular flexibility index (Phi) is 5.36. The first-order valence-corrected chi connectivity index (χ1v) is 8.06. The largest absolute Gasteiger partial charge is 0.462 e. The van der Waals surface area contributed by atoms with E-state index in [-0.39, 0.29) is 12.4 Å². The molecule has 0 aliphatic carbocycles. The fourth-order valence-electron chi connectivity index (χ4n) is 2.47. The molecule has 25 heavy (non-hydrogen) atoms. The van der Waals surface area contributed by atoms with Gasteiger partial charge in [0, 0.05) is 16.1 Å². The van der Waals surface area contributed by atoms with E-state index >= 15 is 0 Å². The van der Waals surface area contributed by atoms with Crippen LogP contribution >= 0.6 is 11.6 Å². The van der Waals surface area contributed by atoms with Crippen LogP contribution in [0.25, 0.3) is 0 Å². The molecule has 6 nitrogen and oxygen atoms in total. The molecule has 0 saturated carbocycles. The van der Waals surface area contributed by atoms with E-state index in [1.807, 2.05) is 0 Å². The molecule has 0 unspecified atom stereocenters. The molecule has 7 heteroatoms. The highest BCUT2D eigenvalue weighted by Crippen LogP contribution is 2.22. The average Bonchev–Trinajstić information content (AvgIpc) is 2.63. The number of hydrogen-bond acceptors (Lipinski definition) is 6. The van der Waals surface area contributed by atoms with Gasteiger partial charge >= 0.3 is 0 Å². The number of benzene rings is 2. The minimum absolute atomic E-state index is 0.143. The number of hydrogen-bond donors (Lipinski definition) is 3. The maximum atomic E-state index is 12.4. The van der Waals surface area contributed by atoms with Gasteiger partial charge in [-0.15, -0.1) is 0 Å². The lowest BCUT2D eigenvalue weighted by Crippen LogP contribution is -2.54. The Bertz CT molecular complexity index is 730. The molecule has 1 heterocycles. The summed E-state index contributed by atoms with van der Waals surface area (Å²) in [6, 6.07) is 12.9. The monoisotopic (exact) mass is 364 g/mol. The summed E-state index contributed by atoms with van der Waals surface area (Å²) in [5, 5.41) is 29.5. The van der Waals surface area contributed by atoms with Gasteiger partial charge in [0.1, 0.15) is 24.1 Å². The van der Waals surface area contributed by atoms with Crippen LogP contribution in [-0.2, 0) is 4.74 Å². The average molecular weight is 365 g/mol. The molecular weight excluding hydrogens is 348 g/mol. The number of ketones is 1. The molecule has 1 saturated heterocycles. The van der Waals surface area contributed by atoms with Gasteiger partial charge in [-0.25, -0.2) is 0 Å². The highest BCUT2D eigenvalue weighted by molar-refractivity contribution is 6.30. The minimum atomic E-state index is -1.38. The van der Waals surface area contributed by atoms with Gasteiger partial charge in [0.25, 0.3) is 0 Å². The summed E-state index contributed by atoms with van der Waals surface area (Å²) in [5.74, 6) is 0.205. The Labute approximate surface area is 149 Å². The number of carbonyl (C=O) groups is 1. The van der Waals surface area contributed by atoms with Crippen molar-refractivity contribution in [1.29, 1.82) is 0 Å². The first-order chi connectivity index (χ1) is 12.0. The third kappa shape index (κ3) is 4.00. The lowest BCUT2D eigenvalue weighted by Gasteiger charge is -2.34. The van der Waals surface area contributed by atoms with E-state index in [9.17, 15) is 20.1 Å². The van der Waals surface area contributed by atoms with Crippen LogP contribution in [0.15, 0.2) is 48.5 Å². The first kappa shape index (κ1) is 17.8. The van der Waals surface area contributed by atoms with E-state index in [1.54, 1.807) is 48.5 Å². The second-order valence-electron chi connectivity index (χ2n) is 5.73. The van der Waals surface area contributed by atoms with E-state index in [4.69, 9.17) is 21.1 Å². The third-order valence-electron chi connectivity index (χ3n) is 3.93. The van der Waals surface area contributed by atoms with Crippen molar-refractivity contribution in [1.82, 2.24) is 0 Å². The van der Waals surface area contributed by atoms with Crippen LogP contribution in [0.4, 0.5) is 0 Å². The van der Waals surface area contributed by atoms with E-state index in [1.165, 1.54) is 0 Å². The van der Waals surface area contributed by atoms with Gasteiger partial charge in [-0.3, -0.25) is 4.79 Å². The summed E-state index contributed by atoms with van der Waals surface area (Å²) in [7, 11) is 0. The van der Waals surface area contributed by atoms with Gasteiger partial charge in [-0.05, 0) is 48.5 Å². The number of aliphatic hydroxyl groups is 3. The Morgan fingerprint density at radius 1 is 0.960 bits per heavy atom. The molecule has 2 aromatic carbocycles. The van der Waals surface area contributed by atoms with Crippen LogP contribution in [0.5, 0.6) is 5.75 Å². The number of rotatable bonds is 4.